The number of rotatable bonds is 3. The van der Waals surface area contributed by atoms with E-state index in [0.29, 0.717) is 6.54 Å². The van der Waals surface area contributed by atoms with E-state index in [1.807, 2.05) is 0 Å². The van der Waals surface area contributed by atoms with Crippen molar-refractivity contribution in [1.82, 2.24) is 9.38 Å². The summed E-state index contributed by atoms with van der Waals surface area (Å²) in [5.41, 5.74) is 10.4. The molecule has 0 spiro atoms. The molecule has 0 amide bonds. The van der Waals surface area contributed by atoms with E-state index in [9.17, 15) is 0 Å². The van der Waals surface area contributed by atoms with Crippen molar-refractivity contribution in [3.05, 3.63) is 58.9 Å². The lowest BCUT2D eigenvalue weighted by atomic mass is 9.80. The van der Waals surface area contributed by atoms with Crippen molar-refractivity contribution in [3.63, 3.8) is 0 Å². The summed E-state index contributed by atoms with van der Waals surface area (Å²) in [5, 5.41) is 2.07. The molecule has 1 aliphatic rings. The van der Waals surface area contributed by atoms with Crippen LogP contribution >= 0.6 is 11.3 Å². The summed E-state index contributed by atoms with van der Waals surface area (Å²) in [7, 11) is 0. The quantitative estimate of drug-likeness (QED) is 0.803. The van der Waals surface area contributed by atoms with Crippen LogP contribution < -0.4 is 5.73 Å². The van der Waals surface area contributed by atoms with Gasteiger partial charge in [0, 0.05) is 17.8 Å². The Bertz CT molecular complexity index is 702. The van der Waals surface area contributed by atoms with Gasteiger partial charge in [-0.05, 0) is 42.3 Å². The molecule has 20 heavy (non-hydrogen) atoms. The van der Waals surface area contributed by atoms with Gasteiger partial charge >= 0.3 is 0 Å². The van der Waals surface area contributed by atoms with Crippen LogP contribution in [0.3, 0.4) is 0 Å². The maximum Gasteiger partial charge on any atom is 0.193 e. The summed E-state index contributed by atoms with van der Waals surface area (Å²) < 4.78 is 2.10. The van der Waals surface area contributed by atoms with Crippen LogP contribution in [0.25, 0.3) is 4.96 Å². The molecule has 0 bridgehead atoms. The number of imidazole rings is 1. The molecule has 1 aromatic carbocycles. The molecule has 0 saturated carbocycles. The first kappa shape index (κ1) is 12.1. The summed E-state index contributed by atoms with van der Waals surface area (Å²) >= 11 is 1.68. The van der Waals surface area contributed by atoms with E-state index in [1.54, 1.807) is 11.3 Å². The van der Waals surface area contributed by atoms with E-state index in [4.69, 9.17) is 10.7 Å². The number of nitrogens with two attached hydrogens (primary N) is 1. The van der Waals surface area contributed by atoms with Gasteiger partial charge in [-0.3, -0.25) is 4.40 Å². The van der Waals surface area contributed by atoms with Crippen LogP contribution in [-0.4, -0.2) is 15.9 Å². The normalized spacial score (nSPS) is 16.6. The van der Waals surface area contributed by atoms with Crippen LogP contribution in [0.4, 0.5) is 0 Å². The number of benzene rings is 1. The first-order chi connectivity index (χ1) is 9.78. The summed E-state index contributed by atoms with van der Waals surface area (Å²) in [6, 6.07) is 8.72. The molecule has 3 aromatic rings. The maximum atomic E-state index is 6.13. The van der Waals surface area contributed by atoms with Crippen molar-refractivity contribution in [1.29, 1.82) is 0 Å². The molecule has 0 radical (unpaired) electrons. The summed E-state index contributed by atoms with van der Waals surface area (Å²) in [4.78, 5) is 5.79. The molecular weight excluding hydrogens is 266 g/mol. The lowest BCUT2D eigenvalue weighted by Crippen LogP contribution is -2.33. The van der Waals surface area contributed by atoms with Gasteiger partial charge in [-0.25, -0.2) is 4.98 Å². The van der Waals surface area contributed by atoms with E-state index in [0.717, 1.165) is 29.9 Å². The molecule has 0 aliphatic heterocycles. The Morgan fingerprint density at radius 3 is 2.65 bits per heavy atom. The van der Waals surface area contributed by atoms with Gasteiger partial charge < -0.3 is 5.73 Å². The first-order valence-electron chi connectivity index (χ1n) is 6.96. The molecule has 2 N–H and O–H groups in total. The van der Waals surface area contributed by atoms with Gasteiger partial charge in [-0.15, -0.1) is 11.3 Å². The number of fused-ring (bicyclic) bond motifs is 2. The average molecular weight is 283 g/mol. The highest BCUT2D eigenvalue weighted by atomic mass is 32.1. The average Bonchev–Trinajstić information content (AvgIpc) is 3.10. The van der Waals surface area contributed by atoms with Gasteiger partial charge in [0.15, 0.2) is 4.96 Å². The molecule has 4 rings (SSSR count). The Labute approximate surface area is 122 Å². The van der Waals surface area contributed by atoms with Crippen LogP contribution in [0.2, 0.25) is 0 Å². The van der Waals surface area contributed by atoms with E-state index in [2.05, 4.69) is 46.4 Å². The van der Waals surface area contributed by atoms with Gasteiger partial charge in [0.25, 0.3) is 0 Å². The number of aromatic nitrogens is 2. The molecule has 2 aromatic heterocycles. The SMILES string of the molecule is NCC1(Cc2cn3ccsc3n2)Cc2ccccc2C1. The third kappa shape index (κ3) is 1.87. The van der Waals surface area contributed by atoms with E-state index in [-0.39, 0.29) is 5.41 Å². The van der Waals surface area contributed by atoms with Crippen LogP contribution in [-0.2, 0) is 19.3 Å². The number of hydrogen-bond acceptors (Lipinski definition) is 3. The standard InChI is InChI=1S/C16H17N3S/c17-11-16(7-12-3-1-2-4-13(12)8-16)9-14-10-19-5-6-20-15(19)18-14/h1-6,10H,7-9,11,17H2. The number of thiazole rings is 1. The topological polar surface area (TPSA) is 43.3 Å². The first-order valence-corrected chi connectivity index (χ1v) is 7.84. The summed E-state index contributed by atoms with van der Waals surface area (Å²) in [6.07, 6.45) is 7.32. The number of nitrogens with zero attached hydrogens (tertiary/aromatic N) is 2. The minimum atomic E-state index is 0.147. The third-order valence-electron chi connectivity index (χ3n) is 4.38. The minimum Gasteiger partial charge on any atom is -0.330 e. The second-order valence-electron chi connectivity index (χ2n) is 5.83. The van der Waals surface area contributed by atoms with Gasteiger partial charge in [-0.1, -0.05) is 24.3 Å². The van der Waals surface area contributed by atoms with Crippen molar-refractivity contribution in [2.24, 2.45) is 11.1 Å². The predicted molar refractivity (Wildman–Crippen MR) is 82.1 cm³/mol. The van der Waals surface area contributed by atoms with Crippen molar-refractivity contribution < 1.29 is 0 Å². The second-order valence-corrected chi connectivity index (χ2v) is 6.70. The molecule has 1 aliphatic carbocycles. The fraction of sp³-hybridized carbons (Fsp3) is 0.312. The molecule has 0 saturated heterocycles. The Balaban J connectivity index is 1.65. The Morgan fingerprint density at radius 1 is 1.25 bits per heavy atom. The highest BCUT2D eigenvalue weighted by Gasteiger charge is 2.36. The zero-order valence-corrected chi connectivity index (χ0v) is 12.1. The molecule has 3 nitrogen and oxygen atoms in total. The van der Waals surface area contributed by atoms with Crippen LogP contribution in [0.5, 0.6) is 0 Å². The Morgan fingerprint density at radius 2 is 2.00 bits per heavy atom. The smallest absolute Gasteiger partial charge is 0.193 e. The van der Waals surface area contributed by atoms with Crippen molar-refractivity contribution in [2.75, 3.05) is 6.54 Å². The lowest BCUT2D eigenvalue weighted by molar-refractivity contribution is 0.312. The van der Waals surface area contributed by atoms with Gasteiger partial charge in [-0.2, -0.15) is 0 Å². The number of hydrogen-bond donors (Lipinski definition) is 1. The second kappa shape index (κ2) is 4.43. The van der Waals surface area contributed by atoms with Crippen LogP contribution in [0.1, 0.15) is 16.8 Å². The molecule has 2 heterocycles. The highest BCUT2D eigenvalue weighted by Crippen LogP contribution is 2.38. The monoisotopic (exact) mass is 283 g/mol. The summed E-state index contributed by atoms with van der Waals surface area (Å²) in [6.45, 7) is 0.715. The molecular formula is C16H17N3S. The van der Waals surface area contributed by atoms with Gasteiger partial charge in [0.1, 0.15) is 0 Å². The van der Waals surface area contributed by atoms with Crippen LogP contribution in [0.15, 0.2) is 42.0 Å². The van der Waals surface area contributed by atoms with Gasteiger partial charge in [0.05, 0.1) is 5.69 Å². The highest BCUT2D eigenvalue weighted by molar-refractivity contribution is 7.15. The zero-order valence-electron chi connectivity index (χ0n) is 11.2. The van der Waals surface area contributed by atoms with E-state index >= 15 is 0 Å². The predicted octanol–water partition coefficient (Wildman–Crippen LogP) is 2.68. The molecule has 0 unspecified atom stereocenters. The molecule has 0 atom stereocenters. The summed E-state index contributed by atoms with van der Waals surface area (Å²) in [5.74, 6) is 0. The van der Waals surface area contributed by atoms with Crippen molar-refractivity contribution >= 4 is 16.3 Å². The van der Waals surface area contributed by atoms with E-state index in [1.165, 1.54) is 11.1 Å². The molecule has 4 heteroatoms. The fourth-order valence-corrected chi connectivity index (χ4v) is 4.08. The maximum absolute atomic E-state index is 6.13. The third-order valence-corrected chi connectivity index (χ3v) is 5.15. The van der Waals surface area contributed by atoms with E-state index < -0.39 is 0 Å². The molecule has 0 fully saturated rings. The fourth-order valence-electron chi connectivity index (χ4n) is 3.36. The van der Waals surface area contributed by atoms with Crippen LogP contribution in [0, 0.1) is 5.41 Å². The lowest BCUT2D eigenvalue weighted by Gasteiger charge is -2.26. The minimum absolute atomic E-state index is 0.147. The largest absolute Gasteiger partial charge is 0.330 e. The Kier molecular flexibility index (Phi) is 2.69. The van der Waals surface area contributed by atoms with Crippen molar-refractivity contribution in [3.8, 4) is 0 Å². The Hall–Kier alpha value is -1.65. The van der Waals surface area contributed by atoms with Gasteiger partial charge in [0.2, 0.25) is 0 Å². The van der Waals surface area contributed by atoms with Crippen molar-refractivity contribution in [2.45, 2.75) is 19.3 Å². The molecule has 102 valence electrons. The zero-order chi connectivity index (χ0) is 13.6.